The SMILES string of the molecule is CC(=O)Oc1cc(F)c(Cl)cc1Cl. The molecular weight excluding hydrogens is 218 g/mol. The van der Waals surface area contributed by atoms with Gasteiger partial charge in [-0.15, -0.1) is 0 Å². The third kappa shape index (κ3) is 2.57. The van der Waals surface area contributed by atoms with E-state index in [1.54, 1.807) is 0 Å². The fourth-order valence-electron chi connectivity index (χ4n) is 0.737. The Morgan fingerprint density at radius 2 is 2.00 bits per heavy atom. The van der Waals surface area contributed by atoms with Crippen molar-refractivity contribution in [3.8, 4) is 5.75 Å². The topological polar surface area (TPSA) is 26.3 Å². The lowest BCUT2D eigenvalue weighted by molar-refractivity contribution is -0.131. The highest BCUT2D eigenvalue weighted by molar-refractivity contribution is 6.35. The average molecular weight is 223 g/mol. The van der Waals surface area contributed by atoms with Crippen molar-refractivity contribution in [1.82, 2.24) is 0 Å². The average Bonchev–Trinajstić information content (AvgIpc) is 1.99. The number of ether oxygens (including phenoxy) is 1. The molecular formula is C8H5Cl2FO2. The third-order valence-corrected chi connectivity index (χ3v) is 1.81. The Morgan fingerprint density at radius 1 is 1.38 bits per heavy atom. The largest absolute Gasteiger partial charge is 0.425 e. The van der Waals surface area contributed by atoms with E-state index in [1.165, 1.54) is 13.0 Å². The second-order valence-electron chi connectivity index (χ2n) is 2.29. The first-order valence-electron chi connectivity index (χ1n) is 3.33. The van der Waals surface area contributed by atoms with Gasteiger partial charge in [0, 0.05) is 13.0 Å². The standard InChI is InChI=1S/C8H5Cl2FO2/c1-4(12)13-8-3-7(11)5(9)2-6(8)10/h2-3H,1H3. The van der Waals surface area contributed by atoms with Gasteiger partial charge >= 0.3 is 5.97 Å². The van der Waals surface area contributed by atoms with Crippen LogP contribution in [0.4, 0.5) is 4.39 Å². The Labute approximate surface area is 84.2 Å². The zero-order valence-corrected chi connectivity index (χ0v) is 8.12. The summed E-state index contributed by atoms with van der Waals surface area (Å²) in [6, 6.07) is 2.14. The van der Waals surface area contributed by atoms with Gasteiger partial charge in [0.1, 0.15) is 5.82 Å². The van der Waals surface area contributed by atoms with E-state index in [-0.39, 0.29) is 15.8 Å². The Hall–Kier alpha value is -0.800. The molecule has 0 heterocycles. The summed E-state index contributed by atoms with van der Waals surface area (Å²) < 4.78 is 17.4. The fraction of sp³-hybridized carbons (Fsp3) is 0.125. The zero-order chi connectivity index (χ0) is 10.0. The molecule has 0 fully saturated rings. The Balaban J connectivity index is 3.08. The van der Waals surface area contributed by atoms with Crippen molar-refractivity contribution < 1.29 is 13.9 Å². The van der Waals surface area contributed by atoms with E-state index in [0.29, 0.717) is 0 Å². The smallest absolute Gasteiger partial charge is 0.308 e. The van der Waals surface area contributed by atoms with Crippen LogP contribution >= 0.6 is 23.2 Å². The highest BCUT2D eigenvalue weighted by Gasteiger charge is 2.09. The van der Waals surface area contributed by atoms with Crippen LogP contribution in [0.15, 0.2) is 12.1 Å². The summed E-state index contributed by atoms with van der Waals surface area (Å²) in [5.41, 5.74) is 0. The molecule has 13 heavy (non-hydrogen) atoms. The van der Waals surface area contributed by atoms with Gasteiger partial charge in [-0.05, 0) is 6.07 Å². The molecule has 0 unspecified atom stereocenters. The van der Waals surface area contributed by atoms with E-state index in [9.17, 15) is 9.18 Å². The molecule has 0 spiro atoms. The van der Waals surface area contributed by atoms with Crippen molar-refractivity contribution in [2.75, 3.05) is 0 Å². The van der Waals surface area contributed by atoms with Gasteiger partial charge in [-0.1, -0.05) is 23.2 Å². The van der Waals surface area contributed by atoms with Crippen LogP contribution in [0.1, 0.15) is 6.92 Å². The number of carbonyl (C=O) groups is 1. The molecule has 1 aromatic rings. The third-order valence-electron chi connectivity index (χ3n) is 1.23. The molecule has 2 nitrogen and oxygen atoms in total. The summed E-state index contributed by atoms with van der Waals surface area (Å²) >= 11 is 11.0. The number of hydrogen-bond donors (Lipinski definition) is 0. The van der Waals surface area contributed by atoms with Crippen LogP contribution in [0.2, 0.25) is 10.0 Å². The summed E-state index contributed by atoms with van der Waals surface area (Å²) in [6.07, 6.45) is 0. The number of esters is 1. The molecule has 0 aliphatic carbocycles. The van der Waals surface area contributed by atoms with Crippen molar-refractivity contribution in [3.63, 3.8) is 0 Å². The molecule has 0 saturated heterocycles. The van der Waals surface area contributed by atoms with Crippen LogP contribution in [0.25, 0.3) is 0 Å². The van der Waals surface area contributed by atoms with E-state index in [4.69, 9.17) is 23.2 Å². The fourth-order valence-corrected chi connectivity index (χ4v) is 1.16. The quantitative estimate of drug-likeness (QED) is 0.415. The molecule has 0 aliphatic heterocycles. The summed E-state index contributed by atoms with van der Waals surface area (Å²) in [7, 11) is 0. The predicted octanol–water partition coefficient (Wildman–Crippen LogP) is 3.06. The second-order valence-corrected chi connectivity index (χ2v) is 3.10. The van der Waals surface area contributed by atoms with Crippen molar-refractivity contribution >= 4 is 29.2 Å². The van der Waals surface area contributed by atoms with Gasteiger partial charge in [-0.25, -0.2) is 4.39 Å². The van der Waals surface area contributed by atoms with Crippen LogP contribution in [0, 0.1) is 5.82 Å². The highest BCUT2D eigenvalue weighted by Crippen LogP contribution is 2.30. The molecule has 1 aromatic carbocycles. The first-order valence-corrected chi connectivity index (χ1v) is 4.09. The molecule has 70 valence electrons. The van der Waals surface area contributed by atoms with Crippen LogP contribution in [-0.2, 0) is 4.79 Å². The molecule has 0 bridgehead atoms. The second kappa shape index (κ2) is 3.94. The van der Waals surface area contributed by atoms with Gasteiger partial charge in [0.15, 0.2) is 5.75 Å². The first-order chi connectivity index (χ1) is 6.00. The monoisotopic (exact) mass is 222 g/mol. The van der Waals surface area contributed by atoms with E-state index < -0.39 is 11.8 Å². The van der Waals surface area contributed by atoms with E-state index in [2.05, 4.69) is 4.74 Å². The minimum Gasteiger partial charge on any atom is -0.425 e. The van der Waals surface area contributed by atoms with E-state index in [0.717, 1.165) is 6.07 Å². The van der Waals surface area contributed by atoms with E-state index >= 15 is 0 Å². The number of benzene rings is 1. The molecule has 0 atom stereocenters. The molecule has 0 radical (unpaired) electrons. The zero-order valence-electron chi connectivity index (χ0n) is 6.61. The maximum absolute atomic E-state index is 12.8. The highest BCUT2D eigenvalue weighted by atomic mass is 35.5. The van der Waals surface area contributed by atoms with Crippen LogP contribution in [0.3, 0.4) is 0 Å². The molecule has 5 heteroatoms. The molecule has 0 amide bonds. The summed E-state index contributed by atoms with van der Waals surface area (Å²) in [5.74, 6) is -1.28. The minimum absolute atomic E-state index is 0.0314. The van der Waals surface area contributed by atoms with Gasteiger partial charge in [0.2, 0.25) is 0 Å². The molecule has 0 saturated carbocycles. The van der Waals surface area contributed by atoms with E-state index in [1.807, 2.05) is 0 Å². The minimum atomic E-state index is -0.678. The van der Waals surface area contributed by atoms with Crippen LogP contribution in [0.5, 0.6) is 5.75 Å². The normalized spacial score (nSPS) is 9.85. The maximum Gasteiger partial charge on any atom is 0.308 e. The lowest BCUT2D eigenvalue weighted by Crippen LogP contribution is -2.02. The number of carbonyl (C=O) groups excluding carboxylic acids is 1. The number of rotatable bonds is 1. The number of hydrogen-bond acceptors (Lipinski definition) is 2. The lowest BCUT2D eigenvalue weighted by Gasteiger charge is -2.04. The molecule has 0 aromatic heterocycles. The van der Waals surface area contributed by atoms with Gasteiger partial charge in [0.05, 0.1) is 10.0 Å². The molecule has 0 N–H and O–H groups in total. The van der Waals surface area contributed by atoms with Crippen molar-refractivity contribution in [2.45, 2.75) is 6.92 Å². The van der Waals surface area contributed by atoms with Gasteiger partial charge in [0.25, 0.3) is 0 Å². The predicted molar refractivity (Wildman–Crippen MR) is 47.7 cm³/mol. The molecule has 1 rings (SSSR count). The van der Waals surface area contributed by atoms with Crippen LogP contribution in [-0.4, -0.2) is 5.97 Å². The summed E-state index contributed by atoms with van der Waals surface area (Å²) in [4.78, 5) is 10.5. The number of halogens is 3. The summed E-state index contributed by atoms with van der Waals surface area (Å²) in [6.45, 7) is 1.20. The summed E-state index contributed by atoms with van der Waals surface area (Å²) in [5, 5.41) is -0.0116. The molecule has 0 aliphatic rings. The maximum atomic E-state index is 12.8. The van der Waals surface area contributed by atoms with Crippen LogP contribution < -0.4 is 4.74 Å². The van der Waals surface area contributed by atoms with Gasteiger partial charge in [-0.2, -0.15) is 0 Å². The lowest BCUT2D eigenvalue weighted by atomic mass is 10.3. The Kier molecular flexibility index (Phi) is 3.12. The van der Waals surface area contributed by atoms with Crippen molar-refractivity contribution in [2.24, 2.45) is 0 Å². The van der Waals surface area contributed by atoms with Gasteiger partial charge < -0.3 is 4.74 Å². The van der Waals surface area contributed by atoms with Crippen molar-refractivity contribution in [3.05, 3.63) is 28.0 Å². The Bertz CT molecular complexity index is 352. The first kappa shape index (κ1) is 10.3. The van der Waals surface area contributed by atoms with Crippen molar-refractivity contribution in [1.29, 1.82) is 0 Å². The Morgan fingerprint density at radius 3 is 2.54 bits per heavy atom. The van der Waals surface area contributed by atoms with Gasteiger partial charge in [-0.3, -0.25) is 4.79 Å².